The van der Waals surface area contributed by atoms with Crippen molar-refractivity contribution in [2.75, 3.05) is 0 Å². The fourth-order valence-corrected chi connectivity index (χ4v) is 1.65. The molecule has 0 bridgehead atoms. The summed E-state index contributed by atoms with van der Waals surface area (Å²) in [7, 11) is -1.89. The molecular formula is C9H20NO3P. The Bertz CT molecular complexity index is 216. The molecule has 0 heterocycles. The Hall–Kier alpha value is -0.340. The normalized spacial score (nSPS) is 15.6. The van der Waals surface area contributed by atoms with E-state index in [-0.39, 0.29) is 17.7 Å². The molecule has 1 unspecified atom stereocenters. The summed E-state index contributed by atoms with van der Waals surface area (Å²) in [5.74, 6) is -0.348. The maximum absolute atomic E-state index is 11.4. The average Bonchev–Trinajstić information content (AvgIpc) is 2.02. The SMILES string of the molecule is CC(C)OC(=O)[C@@H](C)N[PH](=O)C(C)C. The predicted octanol–water partition coefficient (Wildman–Crippen LogP) is 1.80. The van der Waals surface area contributed by atoms with Crippen LogP contribution in [0.2, 0.25) is 0 Å². The van der Waals surface area contributed by atoms with Crippen LogP contribution in [-0.2, 0) is 14.1 Å². The van der Waals surface area contributed by atoms with Gasteiger partial charge in [-0.15, -0.1) is 0 Å². The molecule has 1 N–H and O–H groups in total. The number of nitrogens with one attached hydrogen (secondary N) is 1. The first-order valence-corrected chi connectivity index (χ1v) is 6.34. The molecule has 0 fully saturated rings. The smallest absolute Gasteiger partial charge is 0.323 e. The molecule has 14 heavy (non-hydrogen) atoms. The van der Waals surface area contributed by atoms with Crippen LogP contribution in [0.25, 0.3) is 0 Å². The maximum Gasteiger partial charge on any atom is 0.323 e. The molecule has 0 aromatic heterocycles. The van der Waals surface area contributed by atoms with Gasteiger partial charge in [0, 0.05) is 5.66 Å². The van der Waals surface area contributed by atoms with Gasteiger partial charge < -0.3 is 9.30 Å². The zero-order valence-electron chi connectivity index (χ0n) is 9.46. The first-order valence-electron chi connectivity index (χ1n) is 4.85. The molecule has 2 atom stereocenters. The van der Waals surface area contributed by atoms with Crippen LogP contribution in [0.5, 0.6) is 0 Å². The van der Waals surface area contributed by atoms with E-state index in [1.165, 1.54) is 0 Å². The Labute approximate surface area is 86.2 Å². The lowest BCUT2D eigenvalue weighted by molar-refractivity contribution is -0.148. The molecule has 0 amide bonds. The molecule has 0 rings (SSSR count). The molecule has 4 nitrogen and oxygen atoms in total. The van der Waals surface area contributed by atoms with Crippen LogP contribution in [0, 0.1) is 0 Å². The van der Waals surface area contributed by atoms with Crippen LogP contribution in [0.4, 0.5) is 0 Å². The van der Waals surface area contributed by atoms with Crippen LogP contribution >= 0.6 is 7.95 Å². The number of rotatable bonds is 5. The van der Waals surface area contributed by atoms with Gasteiger partial charge in [0.2, 0.25) is 0 Å². The minimum absolute atomic E-state index is 0.0642. The molecule has 0 saturated carbocycles. The lowest BCUT2D eigenvalue weighted by Gasteiger charge is -2.16. The molecule has 0 aliphatic rings. The van der Waals surface area contributed by atoms with Gasteiger partial charge in [-0.3, -0.25) is 9.88 Å². The third-order valence-electron chi connectivity index (χ3n) is 1.59. The zero-order valence-corrected chi connectivity index (χ0v) is 10.5. The summed E-state index contributed by atoms with van der Waals surface area (Å²) in [6.07, 6.45) is -0.131. The summed E-state index contributed by atoms with van der Waals surface area (Å²) in [6.45, 7) is 8.95. The Kier molecular flexibility index (Phi) is 6.05. The van der Waals surface area contributed by atoms with Crippen LogP contribution < -0.4 is 5.09 Å². The van der Waals surface area contributed by atoms with E-state index in [0.717, 1.165) is 0 Å². The number of hydrogen-bond acceptors (Lipinski definition) is 3. The van der Waals surface area contributed by atoms with E-state index in [2.05, 4.69) is 5.09 Å². The Balaban J connectivity index is 4.01. The first-order chi connectivity index (χ1) is 6.34. The van der Waals surface area contributed by atoms with E-state index in [9.17, 15) is 9.36 Å². The van der Waals surface area contributed by atoms with Crippen molar-refractivity contribution in [3.8, 4) is 0 Å². The summed E-state index contributed by atoms with van der Waals surface area (Å²) >= 11 is 0. The van der Waals surface area contributed by atoms with Crippen LogP contribution in [0.3, 0.4) is 0 Å². The molecule has 0 aromatic carbocycles. The van der Waals surface area contributed by atoms with Crippen molar-refractivity contribution in [3.63, 3.8) is 0 Å². The largest absolute Gasteiger partial charge is 0.462 e. The van der Waals surface area contributed by atoms with Gasteiger partial charge >= 0.3 is 5.97 Å². The van der Waals surface area contributed by atoms with Crippen molar-refractivity contribution in [2.45, 2.75) is 52.4 Å². The maximum atomic E-state index is 11.4. The molecule has 5 heteroatoms. The molecule has 84 valence electrons. The fraction of sp³-hybridized carbons (Fsp3) is 0.889. The van der Waals surface area contributed by atoms with Gasteiger partial charge in [-0.1, -0.05) is 13.8 Å². The van der Waals surface area contributed by atoms with E-state index >= 15 is 0 Å². The molecular weight excluding hydrogens is 201 g/mol. The quantitative estimate of drug-likeness (QED) is 0.568. The monoisotopic (exact) mass is 221 g/mol. The van der Waals surface area contributed by atoms with Crippen molar-refractivity contribution in [1.29, 1.82) is 0 Å². The summed E-state index contributed by atoms with van der Waals surface area (Å²) < 4.78 is 16.4. The first kappa shape index (κ1) is 13.7. The second-order valence-electron chi connectivity index (χ2n) is 3.87. The number of ether oxygens (including phenoxy) is 1. The van der Waals surface area contributed by atoms with Crippen LogP contribution in [0.1, 0.15) is 34.6 Å². The van der Waals surface area contributed by atoms with Crippen molar-refractivity contribution < 1.29 is 14.1 Å². The van der Waals surface area contributed by atoms with Gasteiger partial charge in [0.15, 0.2) is 0 Å². The minimum Gasteiger partial charge on any atom is -0.462 e. The van der Waals surface area contributed by atoms with Gasteiger partial charge in [-0.25, -0.2) is 0 Å². The van der Waals surface area contributed by atoms with Gasteiger partial charge in [-0.05, 0) is 20.8 Å². The Morgan fingerprint density at radius 2 is 1.71 bits per heavy atom. The Morgan fingerprint density at radius 3 is 2.07 bits per heavy atom. The van der Waals surface area contributed by atoms with Crippen molar-refractivity contribution in [2.24, 2.45) is 0 Å². The van der Waals surface area contributed by atoms with Gasteiger partial charge in [0.05, 0.1) is 6.10 Å². The van der Waals surface area contributed by atoms with Gasteiger partial charge in [0.1, 0.15) is 14.0 Å². The van der Waals surface area contributed by atoms with E-state index in [0.29, 0.717) is 0 Å². The van der Waals surface area contributed by atoms with Crippen molar-refractivity contribution >= 4 is 13.9 Å². The highest BCUT2D eigenvalue weighted by molar-refractivity contribution is 7.43. The molecule has 0 saturated heterocycles. The number of esters is 1. The molecule has 0 aromatic rings. The van der Waals surface area contributed by atoms with Crippen LogP contribution in [-0.4, -0.2) is 23.8 Å². The lowest BCUT2D eigenvalue weighted by atomic mass is 10.4. The van der Waals surface area contributed by atoms with Crippen molar-refractivity contribution in [3.05, 3.63) is 0 Å². The lowest BCUT2D eigenvalue weighted by Crippen LogP contribution is -2.33. The predicted molar refractivity (Wildman–Crippen MR) is 58.0 cm³/mol. The highest BCUT2D eigenvalue weighted by atomic mass is 31.1. The fourth-order valence-electron chi connectivity index (χ4n) is 0.773. The molecule has 0 aliphatic carbocycles. The highest BCUT2D eigenvalue weighted by Gasteiger charge is 2.18. The molecule has 0 radical (unpaired) electrons. The summed E-state index contributed by atoms with van der Waals surface area (Å²) in [4.78, 5) is 11.3. The molecule has 0 aliphatic heterocycles. The van der Waals surface area contributed by atoms with Gasteiger partial charge in [-0.2, -0.15) is 0 Å². The Morgan fingerprint density at radius 1 is 1.21 bits per heavy atom. The zero-order chi connectivity index (χ0) is 11.3. The highest BCUT2D eigenvalue weighted by Crippen LogP contribution is 2.22. The average molecular weight is 221 g/mol. The summed E-state index contributed by atoms with van der Waals surface area (Å²) in [5, 5.41) is 2.76. The van der Waals surface area contributed by atoms with E-state index < -0.39 is 14.0 Å². The number of carbonyl (C=O) groups excluding carboxylic acids is 1. The number of carbonyl (C=O) groups is 1. The van der Waals surface area contributed by atoms with Crippen molar-refractivity contribution in [1.82, 2.24) is 5.09 Å². The third kappa shape index (κ3) is 5.40. The molecule has 0 spiro atoms. The topological polar surface area (TPSA) is 55.4 Å². The van der Waals surface area contributed by atoms with E-state index in [4.69, 9.17) is 4.74 Å². The summed E-state index contributed by atoms with van der Waals surface area (Å²) in [5.41, 5.74) is 0.0642. The van der Waals surface area contributed by atoms with E-state index in [1.54, 1.807) is 20.8 Å². The van der Waals surface area contributed by atoms with E-state index in [1.807, 2.05) is 13.8 Å². The second-order valence-corrected chi connectivity index (χ2v) is 6.04. The second kappa shape index (κ2) is 6.20. The standard InChI is InChI=1S/C9H20NO3P/c1-6(2)13-9(11)8(5)10-14(12)7(3)4/h6-8,14H,1-5H3,(H,10,12)/t8-/m1/s1. The summed E-state index contributed by atoms with van der Waals surface area (Å²) in [6, 6.07) is -0.494. The third-order valence-corrected chi connectivity index (χ3v) is 3.35. The van der Waals surface area contributed by atoms with Gasteiger partial charge in [0.25, 0.3) is 0 Å². The minimum atomic E-state index is -1.89. The number of hydrogen-bond donors (Lipinski definition) is 1. The van der Waals surface area contributed by atoms with Crippen LogP contribution in [0.15, 0.2) is 0 Å².